The Morgan fingerprint density at radius 1 is 1.20 bits per heavy atom. The lowest BCUT2D eigenvalue weighted by Crippen LogP contribution is -2.11. The summed E-state index contributed by atoms with van der Waals surface area (Å²) >= 11 is 1.52. The monoisotopic (exact) mass is 309 g/mol. The van der Waals surface area contributed by atoms with E-state index in [4.69, 9.17) is 0 Å². The summed E-state index contributed by atoms with van der Waals surface area (Å²) < 4.78 is 27.2. The van der Waals surface area contributed by atoms with Gasteiger partial charge in [-0.15, -0.1) is 11.3 Å². The van der Waals surface area contributed by atoms with Crippen molar-refractivity contribution < 1.29 is 8.42 Å². The molecular weight excluding hydrogens is 290 g/mol. The van der Waals surface area contributed by atoms with Gasteiger partial charge in [0.2, 0.25) is 0 Å². The summed E-state index contributed by atoms with van der Waals surface area (Å²) in [4.78, 5) is 1.53. The Morgan fingerprint density at radius 3 is 2.35 bits per heavy atom. The fraction of sp³-hybridized carbons (Fsp3) is 0.333. The van der Waals surface area contributed by atoms with Gasteiger partial charge in [-0.3, -0.25) is 4.72 Å². The highest BCUT2D eigenvalue weighted by Crippen LogP contribution is 2.33. The summed E-state index contributed by atoms with van der Waals surface area (Å²) in [5.74, 6) is 0.399. The second kappa shape index (κ2) is 5.97. The highest BCUT2D eigenvalue weighted by molar-refractivity contribution is 7.93. The maximum atomic E-state index is 12.3. The maximum absolute atomic E-state index is 12.3. The molecule has 1 heterocycles. The van der Waals surface area contributed by atoms with Gasteiger partial charge in [-0.05, 0) is 36.1 Å². The molecule has 0 aliphatic rings. The van der Waals surface area contributed by atoms with Crippen LogP contribution in [0.1, 0.15) is 37.1 Å². The fourth-order valence-electron chi connectivity index (χ4n) is 2.05. The third-order valence-electron chi connectivity index (χ3n) is 3.07. The zero-order chi connectivity index (χ0) is 14.8. The highest BCUT2D eigenvalue weighted by Gasteiger charge is 2.17. The lowest BCUT2D eigenvalue weighted by molar-refractivity contribution is 0.601. The molecule has 20 heavy (non-hydrogen) atoms. The van der Waals surface area contributed by atoms with Gasteiger partial charge in [0.25, 0.3) is 10.0 Å². The molecule has 0 amide bonds. The minimum atomic E-state index is -3.49. The summed E-state index contributed by atoms with van der Waals surface area (Å²) in [5, 5.41) is 0.689. The molecule has 1 aromatic heterocycles. The molecule has 1 aromatic carbocycles. The predicted octanol–water partition coefficient (Wildman–Crippen LogP) is 4.23. The Morgan fingerprint density at radius 2 is 1.85 bits per heavy atom. The second-order valence-corrected chi connectivity index (χ2v) is 7.74. The van der Waals surface area contributed by atoms with E-state index < -0.39 is 10.0 Å². The van der Waals surface area contributed by atoms with Gasteiger partial charge in [0.15, 0.2) is 0 Å². The molecule has 0 aliphatic carbocycles. The first-order chi connectivity index (χ1) is 9.44. The van der Waals surface area contributed by atoms with Crippen molar-refractivity contribution in [2.45, 2.75) is 38.0 Å². The van der Waals surface area contributed by atoms with Crippen molar-refractivity contribution in [1.82, 2.24) is 0 Å². The van der Waals surface area contributed by atoms with E-state index >= 15 is 0 Å². The van der Waals surface area contributed by atoms with Gasteiger partial charge in [-0.25, -0.2) is 8.42 Å². The average Bonchev–Trinajstić information content (AvgIpc) is 2.82. The minimum absolute atomic E-state index is 0.289. The largest absolute Gasteiger partial charge is 0.270 e. The van der Waals surface area contributed by atoms with E-state index in [2.05, 4.69) is 25.5 Å². The lowest BCUT2D eigenvalue weighted by Gasteiger charge is -2.05. The number of anilines is 1. The minimum Gasteiger partial charge on any atom is -0.270 e. The summed E-state index contributed by atoms with van der Waals surface area (Å²) in [7, 11) is -3.49. The van der Waals surface area contributed by atoms with Gasteiger partial charge in [0.1, 0.15) is 5.00 Å². The van der Waals surface area contributed by atoms with Crippen molar-refractivity contribution >= 4 is 26.4 Å². The van der Waals surface area contributed by atoms with Crippen LogP contribution in [0.5, 0.6) is 0 Å². The number of aryl methyl sites for hydroxylation is 1. The van der Waals surface area contributed by atoms with Crippen LogP contribution in [0.25, 0.3) is 0 Å². The van der Waals surface area contributed by atoms with Crippen LogP contribution >= 0.6 is 11.3 Å². The third kappa shape index (κ3) is 3.22. The number of thiophene rings is 1. The zero-order valence-corrected chi connectivity index (χ0v) is 13.5. The standard InChI is InChI=1S/C15H19NO2S2/c1-4-14-13(11(2)3)10-15(19-14)16-20(17,18)12-8-6-5-7-9-12/h5-11,16H,4H2,1-3H3. The Bertz CT molecular complexity index is 673. The van der Waals surface area contributed by atoms with Crippen molar-refractivity contribution in [3.63, 3.8) is 0 Å². The summed E-state index contributed by atoms with van der Waals surface area (Å²) in [5.41, 5.74) is 1.23. The van der Waals surface area contributed by atoms with Crippen molar-refractivity contribution in [1.29, 1.82) is 0 Å². The van der Waals surface area contributed by atoms with Crippen molar-refractivity contribution in [2.75, 3.05) is 4.72 Å². The van der Waals surface area contributed by atoms with Crippen molar-refractivity contribution in [3.8, 4) is 0 Å². The molecule has 0 bridgehead atoms. The molecule has 3 nitrogen and oxygen atoms in total. The maximum Gasteiger partial charge on any atom is 0.262 e. The third-order valence-corrected chi connectivity index (χ3v) is 5.79. The molecule has 5 heteroatoms. The van der Waals surface area contributed by atoms with Crippen molar-refractivity contribution in [3.05, 3.63) is 46.8 Å². The second-order valence-electron chi connectivity index (χ2n) is 4.92. The van der Waals surface area contributed by atoms with Crippen LogP contribution < -0.4 is 4.72 Å². The molecule has 2 aromatic rings. The number of hydrogen-bond donors (Lipinski definition) is 1. The molecule has 0 saturated carbocycles. The van der Waals surface area contributed by atoms with Gasteiger partial charge in [-0.1, -0.05) is 39.0 Å². The zero-order valence-electron chi connectivity index (χ0n) is 11.9. The Kier molecular flexibility index (Phi) is 4.50. The number of nitrogens with one attached hydrogen (secondary N) is 1. The molecule has 0 unspecified atom stereocenters. The van der Waals surface area contributed by atoms with E-state index in [-0.39, 0.29) is 4.90 Å². The quantitative estimate of drug-likeness (QED) is 0.898. The molecule has 108 valence electrons. The van der Waals surface area contributed by atoms with Gasteiger partial charge >= 0.3 is 0 Å². The van der Waals surface area contributed by atoms with Crippen molar-refractivity contribution in [2.24, 2.45) is 0 Å². The van der Waals surface area contributed by atoms with E-state index in [1.54, 1.807) is 30.3 Å². The Hall–Kier alpha value is -1.33. The number of benzene rings is 1. The first-order valence-corrected chi connectivity index (χ1v) is 8.94. The SMILES string of the molecule is CCc1sc(NS(=O)(=O)c2ccccc2)cc1C(C)C. The summed E-state index contributed by atoms with van der Waals surface area (Å²) in [6, 6.07) is 10.4. The molecule has 0 saturated heterocycles. The van der Waals surface area contributed by atoms with Crippen LogP contribution in [0.4, 0.5) is 5.00 Å². The van der Waals surface area contributed by atoms with Gasteiger partial charge in [0.05, 0.1) is 4.90 Å². The molecule has 1 N–H and O–H groups in total. The van der Waals surface area contributed by atoms with Crippen LogP contribution in [0.15, 0.2) is 41.3 Å². The van der Waals surface area contributed by atoms with Crippen LogP contribution in [0.2, 0.25) is 0 Å². The molecule has 2 rings (SSSR count). The topological polar surface area (TPSA) is 46.2 Å². The Labute approximate surface area is 124 Å². The fourth-order valence-corrected chi connectivity index (χ4v) is 4.51. The predicted molar refractivity (Wildman–Crippen MR) is 85.0 cm³/mol. The van der Waals surface area contributed by atoms with E-state index in [0.29, 0.717) is 10.9 Å². The molecule has 0 spiro atoms. The first kappa shape index (κ1) is 15.1. The number of rotatable bonds is 5. The smallest absolute Gasteiger partial charge is 0.262 e. The van der Waals surface area contributed by atoms with Gasteiger partial charge in [-0.2, -0.15) is 0 Å². The van der Waals surface area contributed by atoms with Gasteiger partial charge < -0.3 is 0 Å². The first-order valence-electron chi connectivity index (χ1n) is 6.64. The van der Waals surface area contributed by atoms with Crippen LogP contribution in [0, 0.1) is 0 Å². The molecular formula is C15H19NO2S2. The average molecular weight is 309 g/mol. The molecule has 0 radical (unpaired) electrons. The van der Waals surface area contributed by atoms with Gasteiger partial charge in [0, 0.05) is 4.88 Å². The Balaban J connectivity index is 2.31. The van der Waals surface area contributed by atoms with Crippen LogP contribution in [-0.4, -0.2) is 8.42 Å². The van der Waals surface area contributed by atoms with E-state index in [1.807, 2.05) is 6.07 Å². The summed E-state index contributed by atoms with van der Waals surface area (Å²) in [6.45, 7) is 6.33. The lowest BCUT2D eigenvalue weighted by atomic mass is 10.0. The van der Waals surface area contributed by atoms with E-state index in [0.717, 1.165) is 6.42 Å². The normalized spacial score (nSPS) is 11.8. The molecule has 0 atom stereocenters. The number of sulfonamides is 1. The molecule has 0 aliphatic heterocycles. The van der Waals surface area contributed by atoms with E-state index in [1.165, 1.54) is 21.8 Å². The highest BCUT2D eigenvalue weighted by atomic mass is 32.2. The van der Waals surface area contributed by atoms with E-state index in [9.17, 15) is 8.42 Å². The molecule has 0 fully saturated rings. The van der Waals surface area contributed by atoms with Crippen LogP contribution in [-0.2, 0) is 16.4 Å². The number of hydrogen-bond acceptors (Lipinski definition) is 3. The summed E-state index contributed by atoms with van der Waals surface area (Å²) in [6.07, 6.45) is 0.922. The van der Waals surface area contributed by atoms with Crippen LogP contribution in [0.3, 0.4) is 0 Å².